The van der Waals surface area contributed by atoms with Crippen molar-refractivity contribution >= 4 is 5.82 Å². The van der Waals surface area contributed by atoms with Crippen molar-refractivity contribution in [2.75, 3.05) is 25.5 Å². The van der Waals surface area contributed by atoms with Crippen LogP contribution >= 0.6 is 0 Å². The molecule has 0 bridgehead atoms. The number of likely N-dealkylation sites (tertiary alicyclic amines) is 1. The van der Waals surface area contributed by atoms with Crippen LogP contribution in [0.2, 0.25) is 0 Å². The standard InChI is InChI=1S/C14H23N3/c1-14(2)7-9-17(10-8-14)11-12-5-4-6-13(15-3)16-12/h4-6H,7-11H2,1-3H3,(H,15,16). The van der Waals surface area contributed by atoms with Crippen LogP contribution in [0.25, 0.3) is 0 Å². The Balaban J connectivity index is 1.93. The molecule has 0 aromatic carbocycles. The van der Waals surface area contributed by atoms with Crippen molar-refractivity contribution in [3.63, 3.8) is 0 Å². The van der Waals surface area contributed by atoms with Gasteiger partial charge in [-0.1, -0.05) is 19.9 Å². The second kappa shape index (κ2) is 5.05. The first-order valence-electron chi connectivity index (χ1n) is 6.45. The maximum Gasteiger partial charge on any atom is 0.126 e. The second-order valence-electron chi connectivity index (χ2n) is 5.70. The van der Waals surface area contributed by atoms with E-state index in [1.54, 1.807) is 0 Å². The van der Waals surface area contributed by atoms with Crippen LogP contribution in [-0.2, 0) is 6.54 Å². The van der Waals surface area contributed by atoms with Crippen molar-refractivity contribution in [3.8, 4) is 0 Å². The fourth-order valence-electron chi connectivity index (χ4n) is 2.25. The average Bonchev–Trinajstić information content (AvgIpc) is 2.32. The molecule has 0 aliphatic carbocycles. The summed E-state index contributed by atoms with van der Waals surface area (Å²) in [5, 5.41) is 3.09. The molecule has 1 aliphatic rings. The van der Waals surface area contributed by atoms with Crippen LogP contribution < -0.4 is 5.32 Å². The first-order valence-corrected chi connectivity index (χ1v) is 6.45. The van der Waals surface area contributed by atoms with Gasteiger partial charge in [-0.05, 0) is 43.5 Å². The van der Waals surface area contributed by atoms with E-state index >= 15 is 0 Å². The third-order valence-corrected chi connectivity index (χ3v) is 3.66. The van der Waals surface area contributed by atoms with Crippen LogP contribution in [0.3, 0.4) is 0 Å². The van der Waals surface area contributed by atoms with Crippen molar-refractivity contribution in [2.45, 2.75) is 33.2 Å². The molecule has 1 aliphatic heterocycles. The summed E-state index contributed by atoms with van der Waals surface area (Å²) >= 11 is 0. The molecule has 0 radical (unpaired) electrons. The molecule has 1 N–H and O–H groups in total. The summed E-state index contributed by atoms with van der Waals surface area (Å²) in [6.07, 6.45) is 2.58. The van der Waals surface area contributed by atoms with Gasteiger partial charge in [-0.2, -0.15) is 0 Å². The Bertz CT molecular complexity index is 363. The second-order valence-corrected chi connectivity index (χ2v) is 5.70. The highest BCUT2D eigenvalue weighted by molar-refractivity contribution is 5.34. The van der Waals surface area contributed by atoms with Crippen LogP contribution in [0.5, 0.6) is 0 Å². The van der Waals surface area contributed by atoms with E-state index in [1.165, 1.54) is 25.9 Å². The number of pyridine rings is 1. The normalized spacial score (nSPS) is 20.2. The highest BCUT2D eigenvalue weighted by Crippen LogP contribution is 2.30. The van der Waals surface area contributed by atoms with E-state index in [1.807, 2.05) is 13.1 Å². The summed E-state index contributed by atoms with van der Waals surface area (Å²) in [4.78, 5) is 7.08. The van der Waals surface area contributed by atoms with Crippen LogP contribution in [-0.4, -0.2) is 30.0 Å². The fraction of sp³-hybridized carbons (Fsp3) is 0.643. The third kappa shape index (κ3) is 3.43. The van der Waals surface area contributed by atoms with Gasteiger partial charge in [0, 0.05) is 13.6 Å². The molecule has 94 valence electrons. The van der Waals surface area contributed by atoms with Gasteiger partial charge in [0.15, 0.2) is 0 Å². The molecule has 2 rings (SSSR count). The SMILES string of the molecule is CNc1cccc(CN2CCC(C)(C)CC2)n1. The van der Waals surface area contributed by atoms with Crippen molar-refractivity contribution in [1.82, 2.24) is 9.88 Å². The molecule has 0 unspecified atom stereocenters. The van der Waals surface area contributed by atoms with Gasteiger partial charge >= 0.3 is 0 Å². The molecule has 1 fully saturated rings. The molecule has 0 atom stereocenters. The van der Waals surface area contributed by atoms with Gasteiger partial charge in [0.1, 0.15) is 5.82 Å². The lowest BCUT2D eigenvalue weighted by atomic mass is 9.83. The first kappa shape index (κ1) is 12.4. The number of rotatable bonds is 3. The summed E-state index contributed by atoms with van der Waals surface area (Å²) in [6, 6.07) is 6.19. The number of nitrogens with zero attached hydrogens (tertiary/aromatic N) is 2. The van der Waals surface area contributed by atoms with E-state index in [0.29, 0.717) is 5.41 Å². The highest BCUT2D eigenvalue weighted by atomic mass is 15.1. The van der Waals surface area contributed by atoms with E-state index in [0.717, 1.165) is 18.1 Å². The average molecular weight is 233 g/mol. The molecule has 1 saturated heterocycles. The Morgan fingerprint density at radius 2 is 2.00 bits per heavy atom. The molecule has 3 heteroatoms. The van der Waals surface area contributed by atoms with Gasteiger partial charge in [-0.25, -0.2) is 4.98 Å². The minimum Gasteiger partial charge on any atom is -0.373 e. The van der Waals surface area contributed by atoms with E-state index in [-0.39, 0.29) is 0 Å². The largest absolute Gasteiger partial charge is 0.373 e. The first-order chi connectivity index (χ1) is 8.09. The van der Waals surface area contributed by atoms with E-state index in [4.69, 9.17) is 0 Å². The number of hydrogen-bond acceptors (Lipinski definition) is 3. The predicted molar refractivity (Wildman–Crippen MR) is 72.1 cm³/mol. The summed E-state index contributed by atoms with van der Waals surface area (Å²) in [5.41, 5.74) is 1.69. The minimum atomic E-state index is 0.525. The molecular weight excluding hydrogens is 210 g/mol. The minimum absolute atomic E-state index is 0.525. The molecule has 3 nitrogen and oxygen atoms in total. The van der Waals surface area contributed by atoms with Crippen molar-refractivity contribution < 1.29 is 0 Å². The molecule has 0 saturated carbocycles. The van der Waals surface area contributed by atoms with E-state index in [9.17, 15) is 0 Å². The number of hydrogen-bond donors (Lipinski definition) is 1. The Morgan fingerprint density at radius 1 is 1.29 bits per heavy atom. The molecule has 0 spiro atoms. The van der Waals surface area contributed by atoms with Gasteiger partial charge in [-0.3, -0.25) is 4.90 Å². The Hall–Kier alpha value is -1.09. The van der Waals surface area contributed by atoms with Gasteiger partial charge in [-0.15, -0.1) is 0 Å². The summed E-state index contributed by atoms with van der Waals surface area (Å²) in [6.45, 7) is 8.09. The van der Waals surface area contributed by atoms with Crippen LogP contribution in [0.1, 0.15) is 32.4 Å². The predicted octanol–water partition coefficient (Wildman–Crippen LogP) is 2.75. The topological polar surface area (TPSA) is 28.2 Å². The number of piperidine rings is 1. The zero-order valence-corrected chi connectivity index (χ0v) is 11.2. The molecule has 1 aromatic heterocycles. The lowest BCUT2D eigenvalue weighted by Crippen LogP contribution is -2.36. The van der Waals surface area contributed by atoms with Crippen LogP contribution in [0, 0.1) is 5.41 Å². The third-order valence-electron chi connectivity index (χ3n) is 3.66. The van der Waals surface area contributed by atoms with Crippen LogP contribution in [0.15, 0.2) is 18.2 Å². The van der Waals surface area contributed by atoms with Crippen LogP contribution in [0.4, 0.5) is 5.82 Å². The fourth-order valence-corrected chi connectivity index (χ4v) is 2.25. The molecular formula is C14H23N3. The molecule has 1 aromatic rings. The smallest absolute Gasteiger partial charge is 0.126 e. The monoisotopic (exact) mass is 233 g/mol. The highest BCUT2D eigenvalue weighted by Gasteiger charge is 2.25. The van der Waals surface area contributed by atoms with Crippen molar-refractivity contribution in [2.24, 2.45) is 5.41 Å². The van der Waals surface area contributed by atoms with Gasteiger partial charge in [0.25, 0.3) is 0 Å². The summed E-state index contributed by atoms with van der Waals surface area (Å²) < 4.78 is 0. The van der Waals surface area contributed by atoms with Crippen molar-refractivity contribution in [1.29, 1.82) is 0 Å². The van der Waals surface area contributed by atoms with Crippen molar-refractivity contribution in [3.05, 3.63) is 23.9 Å². The Kier molecular flexibility index (Phi) is 3.67. The van der Waals surface area contributed by atoms with Gasteiger partial charge in [0.05, 0.1) is 5.69 Å². The molecule has 2 heterocycles. The number of aromatic nitrogens is 1. The quantitative estimate of drug-likeness (QED) is 0.870. The summed E-state index contributed by atoms with van der Waals surface area (Å²) in [5.74, 6) is 0.958. The lowest BCUT2D eigenvalue weighted by Gasteiger charge is -2.36. The number of nitrogens with one attached hydrogen (secondary N) is 1. The maximum absolute atomic E-state index is 4.57. The molecule has 17 heavy (non-hydrogen) atoms. The van der Waals surface area contributed by atoms with E-state index in [2.05, 4.69) is 41.2 Å². The molecule has 0 amide bonds. The zero-order valence-electron chi connectivity index (χ0n) is 11.2. The van der Waals surface area contributed by atoms with E-state index < -0.39 is 0 Å². The van der Waals surface area contributed by atoms with Gasteiger partial charge in [0.2, 0.25) is 0 Å². The maximum atomic E-state index is 4.57. The number of anilines is 1. The lowest BCUT2D eigenvalue weighted by molar-refractivity contribution is 0.126. The summed E-state index contributed by atoms with van der Waals surface area (Å²) in [7, 11) is 1.91. The Labute approximate surface area is 104 Å². The Morgan fingerprint density at radius 3 is 2.65 bits per heavy atom. The van der Waals surface area contributed by atoms with Gasteiger partial charge < -0.3 is 5.32 Å². The zero-order chi connectivity index (χ0) is 12.3.